The number of fused-ring (bicyclic) bond motifs is 2. The Kier molecular flexibility index (Phi) is 2.93. The lowest BCUT2D eigenvalue weighted by Crippen LogP contribution is -2.50. The van der Waals surface area contributed by atoms with Crippen LogP contribution in [0.5, 0.6) is 0 Å². The summed E-state index contributed by atoms with van der Waals surface area (Å²) < 4.78 is 0. The van der Waals surface area contributed by atoms with Gasteiger partial charge in [0.15, 0.2) is 5.78 Å². The molecule has 2 heteroatoms. The lowest BCUT2D eigenvalue weighted by molar-refractivity contribution is -0.131. The Morgan fingerprint density at radius 2 is 1.96 bits per heavy atom. The van der Waals surface area contributed by atoms with Gasteiger partial charge in [-0.3, -0.25) is 9.59 Å². The van der Waals surface area contributed by atoms with Crippen LogP contribution < -0.4 is 0 Å². The predicted molar refractivity (Wildman–Crippen MR) is 97.9 cm³/mol. The highest BCUT2D eigenvalue weighted by molar-refractivity contribution is 5.95. The van der Waals surface area contributed by atoms with Crippen LogP contribution >= 0.6 is 0 Å². The molecule has 0 aromatic carbocycles. The van der Waals surface area contributed by atoms with Crippen LogP contribution in [0.25, 0.3) is 0 Å². The van der Waals surface area contributed by atoms with Crippen LogP contribution in [0.15, 0.2) is 34.9 Å². The smallest absolute Gasteiger partial charge is 0.159 e. The predicted octanol–water partition coefficient (Wildman–Crippen LogP) is 4.95. The molecule has 2 unspecified atom stereocenters. The second-order valence-electron chi connectivity index (χ2n) is 9.51. The van der Waals surface area contributed by atoms with Gasteiger partial charge in [-0.25, -0.2) is 0 Å². The Morgan fingerprint density at radius 3 is 2.64 bits per heavy atom. The first-order valence-electron chi connectivity index (χ1n) is 10.0. The van der Waals surface area contributed by atoms with Gasteiger partial charge in [0, 0.05) is 11.3 Å². The van der Waals surface area contributed by atoms with Gasteiger partial charge in [-0.2, -0.15) is 0 Å². The zero-order valence-corrected chi connectivity index (χ0v) is 15.7. The number of carbonyl (C=O) groups excluding carboxylic acids is 2. The van der Waals surface area contributed by atoms with Crippen LogP contribution in [0, 0.1) is 28.1 Å². The van der Waals surface area contributed by atoms with Crippen molar-refractivity contribution in [3.63, 3.8) is 0 Å². The molecule has 2 saturated carbocycles. The minimum Gasteiger partial charge on any atom is -0.299 e. The third kappa shape index (κ3) is 1.59. The molecular formula is C23H28O2. The van der Waals surface area contributed by atoms with Gasteiger partial charge in [0.2, 0.25) is 0 Å². The van der Waals surface area contributed by atoms with Crippen LogP contribution in [0.1, 0.15) is 65.7 Å². The first-order chi connectivity index (χ1) is 11.8. The van der Waals surface area contributed by atoms with Crippen LogP contribution in [0.3, 0.4) is 0 Å². The van der Waals surface area contributed by atoms with Crippen LogP contribution in [0.4, 0.5) is 0 Å². The number of rotatable bonds is 1. The summed E-state index contributed by atoms with van der Waals surface area (Å²) in [4.78, 5) is 24.8. The average molecular weight is 336 g/mol. The molecule has 5 atom stereocenters. The molecule has 132 valence electrons. The Labute approximate surface area is 150 Å². The van der Waals surface area contributed by atoms with Gasteiger partial charge in [0.25, 0.3) is 0 Å². The number of Topliss-reactive ketones (excluding diaryl/α,β-unsaturated/α-hetero) is 1. The molecule has 0 saturated heterocycles. The van der Waals surface area contributed by atoms with Crippen LogP contribution in [0.2, 0.25) is 0 Å². The van der Waals surface area contributed by atoms with E-state index in [4.69, 9.17) is 0 Å². The second kappa shape index (κ2) is 4.64. The van der Waals surface area contributed by atoms with Crippen LogP contribution in [-0.2, 0) is 9.59 Å². The maximum atomic E-state index is 12.6. The summed E-state index contributed by atoms with van der Waals surface area (Å²) >= 11 is 0. The van der Waals surface area contributed by atoms with E-state index in [1.165, 1.54) is 11.1 Å². The van der Waals surface area contributed by atoms with E-state index in [1.54, 1.807) is 12.5 Å². The Morgan fingerprint density at radius 1 is 1.16 bits per heavy atom. The number of carbonyl (C=O) groups is 2. The number of allylic oxidation sites excluding steroid dienone is 6. The fourth-order valence-corrected chi connectivity index (χ4v) is 7.47. The summed E-state index contributed by atoms with van der Waals surface area (Å²) in [6, 6.07) is 0. The van der Waals surface area contributed by atoms with Gasteiger partial charge >= 0.3 is 0 Å². The summed E-state index contributed by atoms with van der Waals surface area (Å²) in [7, 11) is 0. The second-order valence-corrected chi connectivity index (χ2v) is 9.51. The zero-order chi connectivity index (χ0) is 17.6. The average Bonchev–Trinajstić information content (AvgIpc) is 3.01. The van der Waals surface area contributed by atoms with E-state index < -0.39 is 0 Å². The van der Waals surface area contributed by atoms with Gasteiger partial charge in [-0.05, 0) is 80.4 Å². The molecule has 0 heterocycles. The largest absolute Gasteiger partial charge is 0.299 e. The maximum absolute atomic E-state index is 12.6. The van der Waals surface area contributed by atoms with Crippen molar-refractivity contribution in [1.29, 1.82) is 0 Å². The first-order valence-corrected chi connectivity index (χ1v) is 10.0. The van der Waals surface area contributed by atoms with E-state index >= 15 is 0 Å². The highest BCUT2D eigenvalue weighted by Crippen LogP contribution is 2.77. The van der Waals surface area contributed by atoms with E-state index in [0.29, 0.717) is 17.5 Å². The Balaban J connectivity index is 1.65. The molecule has 0 radical (unpaired) electrons. The molecule has 0 aromatic rings. The van der Waals surface area contributed by atoms with Gasteiger partial charge in [0.05, 0.1) is 5.41 Å². The van der Waals surface area contributed by atoms with Crippen molar-refractivity contribution in [3.8, 4) is 0 Å². The molecule has 0 amide bonds. The van der Waals surface area contributed by atoms with Crippen molar-refractivity contribution in [3.05, 3.63) is 34.9 Å². The fourth-order valence-electron chi connectivity index (χ4n) is 7.47. The van der Waals surface area contributed by atoms with E-state index in [0.717, 1.165) is 44.9 Å². The number of ketones is 2. The number of hydrogen-bond donors (Lipinski definition) is 0. The Bertz CT molecular complexity index is 797. The highest BCUT2D eigenvalue weighted by Gasteiger charge is 2.72. The minimum absolute atomic E-state index is 0.0951. The molecule has 5 rings (SSSR count). The monoisotopic (exact) mass is 336 g/mol. The fraction of sp³-hybridized carbons (Fsp3) is 0.652. The molecule has 0 aliphatic heterocycles. The van der Waals surface area contributed by atoms with Crippen molar-refractivity contribution in [2.45, 2.75) is 65.7 Å². The lowest BCUT2D eigenvalue weighted by atomic mass is 9.47. The van der Waals surface area contributed by atoms with Gasteiger partial charge in [-0.1, -0.05) is 31.6 Å². The first kappa shape index (κ1) is 15.8. The van der Waals surface area contributed by atoms with E-state index in [9.17, 15) is 9.59 Å². The van der Waals surface area contributed by atoms with E-state index in [-0.39, 0.29) is 22.2 Å². The van der Waals surface area contributed by atoms with E-state index in [2.05, 4.69) is 26.0 Å². The molecule has 0 N–H and O–H groups in total. The van der Waals surface area contributed by atoms with Crippen molar-refractivity contribution < 1.29 is 9.59 Å². The normalized spacial score (nSPS) is 47.3. The molecular weight excluding hydrogens is 308 g/mol. The zero-order valence-electron chi connectivity index (χ0n) is 15.7. The number of hydrogen-bond acceptors (Lipinski definition) is 2. The third-order valence-corrected chi connectivity index (χ3v) is 8.97. The van der Waals surface area contributed by atoms with Gasteiger partial charge < -0.3 is 0 Å². The van der Waals surface area contributed by atoms with Gasteiger partial charge in [-0.15, -0.1) is 0 Å². The van der Waals surface area contributed by atoms with Crippen LogP contribution in [-0.4, -0.2) is 11.6 Å². The van der Waals surface area contributed by atoms with Crippen molar-refractivity contribution in [1.82, 2.24) is 0 Å². The standard InChI is InChI=1S/C23H28O2/c1-14-12-18-16(13-20(14)25)4-5-19-17(18)6-7-21(3)22(15(2)24)8-10-23(19,21)11-9-22/h8,10,13-14,19H,4-7,9,11-12H2,1-3H3/t14?,19-,21-,22+,23?/m1/s1. The molecule has 5 aliphatic rings. The minimum atomic E-state index is -0.213. The van der Waals surface area contributed by atoms with Crippen molar-refractivity contribution >= 4 is 11.6 Å². The van der Waals surface area contributed by atoms with Crippen molar-refractivity contribution in [2.75, 3.05) is 0 Å². The summed E-state index contributed by atoms with van der Waals surface area (Å²) in [6.45, 7) is 6.28. The summed E-state index contributed by atoms with van der Waals surface area (Å²) in [5.74, 6) is 1.40. The van der Waals surface area contributed by atoms with Gasteiger partial charge in [0.1, 0.15) is 5.78 Å². The molecule has 0 spiro atoms. The molecule has 2 nitrogen and oxygen atoms in total. The molecule has 25 heavy (non-hydrogen) atoms. The molecule has 2 fully saturated rings. The summed E-state index contributed by atoms with van der Waals surface area (Å²) in [5.41, 5.74) is 4.54. The quantitative estimate of drug-likeness (QED) is 0.635. The SMILES string of the molecule is CC(=O)[C@]12C=CC3(CC1)[C@@H]1CCC4=CC(=O)C(C)CC4=C1CC[C@@]32C. The molecule has 0 aromatic heterocycles. The maximum Gasteiger partial charge on any atom is 0.159 e. The van der Waals surface area contributed by atoms with E-state index in [1.807, 2.05) is 6.08 Å². The Hall–Kier alpha value is -1.44. The van der Waals surface area contributed by atoms with Crippen molar-refractivity contribution in [2.24, 2.45) is 28.1 Å². The summed E-state index contributed by atoms with van der Waals surface area (Å²) in [5, 5.41) is 0. The molecule has 2 bridgehead atoms. The highest BCUT2D eigenvalue weighted by atomic mass is 16.1. The summed E-state index contributed by atoms with van der Waals surface area (Å²) in [6.07, 6.45) is 14.3. The lowest BCUT2D eigenvalue weighted by Gasteiger charge is -2.55. The topological polar surface area (TPSA) is 34.1 Å². The third-order valence-electron chi connectivity index (χ3n) is 8.97. The molecule has 5 aliphatic carbocycles.